The van der Waals surface area contributed by atoms with Crippen LogP contribution in [0.15, 0.2) is 46.9 Å². The SMILES string of the molecule is Cc1cccc2oc(CCNC(=O)C3Cc4ccccc4CN3)nc12.Cl. The van der Waals surface area contributed by atoms with Gasteiger partial charge in [0.2, 0.25) is 5.91 Å². The number of aromatic nitrogens is 1. The number of halogens is 1. The molecule has 1 unspecified atom stereocenters. The molecule has 2 N–H and O–H groups in total. The van der Waals surface area contributed by atoms with Crippen LogP contribution in [0, 0.1) is 6.92 Å². The molecule has 0 fully saturated rings. The quantitative estimate of drug-likeness (QED) is 0.740. The van der Waals surface area contributed by atoms with Crippen LogP contribution >= 0.6 is 12.4 Å². The highest BCUT2D eigenvalue weighted by Gasteiger charge is 2.23. The average Bonchev–Trinajstić information content (AvgIpc) is 3.05. The highest BCUT2D eigenvalue weighted by Crippen LogP contribution is 2.19. The molecule has 4 rings (SSSR count). The van der Waals surface area contributed by atoms with Crippen molar-refractivity contribution >= 4 is 29.4 Å². The van der Waals surface area contributed by atoms with Crippen LogP contribution in [0.2, 0.25) is 0 Å². The normalized spacial score (nSPS) is 16.0. The third-order valence-electron chi connectivity index (χ3n) is 4.70. The number of hydrogen-bond donors (Lipinski definition) is 2. The Labute approximate surface area is 158 Å². The van der Waals surface area contributed by atoms with Crippen LogP contribution in [0.5, 0.6) is 0 Å². The smallest absolute Gasteiger partial charge is 0.237 e. The van der Waals surface area contributed by atoms with Crippen LogP contribution in [0.4, 0.5) is 0 Å². The minimum absolute atomic E-state index is 0. The van der Waals surface area contributed by atoms with Gasteiger partial charge >= 0.3 is 0 Å². The van der Waals surface area contributed by atoms with E-state index in [4.69, 9.17) is 4.42 Å². The summed E-state index contributed by atoms with van der Waals surface area (Å²) in [5.41, 5.74) is 5.31. The van der Waals surface area contributed by atoms with Gasteiger partial charge in [0.15, 0.2) is 11.5 Å². The van der Waals surface area contributed by atoms with Crippen molar-refractivity contribution in [2.75, 3.05) is 6.54 Å². The fourth-order valence-corrected chi connectivity index (χ4v) is 3.29. The Kier molecular flexibility index (Phi) is 5.59. The lowest BCUT2D eigenvalue weighted by atomic mass is 9.95. The molecule has 5 nitrogen and oxygen atoms in total. The van der Waals surface area contributed by atoms with Gasteiger partial charge in [-0.25, -0.2) is 4.98 Å². The van der Waals surface area contributed by atoms with Gasteiger partial charge in [-0.15, -0.1) is 12.4 Å². The van der Waals surface area contributed by atoms with Crippen molar-refractivity contribution < 1.29 is 9.21 Å². The second-order valence-electron chi connectivity index (χ2n) is 6.48. The maximum atomic E-state index is 12.4. The van der Waals surface area contributed by atoms with Crippen molar-refractivity contribution in [1.82, 2.24) is 15.6 Å². The molecule has 1 atom stereocenters. The summed E-state index contributed by atoms with van der Waals surface area (Å²) in [6.45, 7) is 3.27. The van der Waals surface area contributed by atoms with Gasteiger partial charge < -0.3 is 15.1 Å². The van der Waals surface area contributed by atoms with E-state index in [0.29, 0.717) is 18.9 Å². The van der Waals surface area contributed by atoms with E-state index in [-0.39, 0.29) is 24.4 Å². The number of carbonyl (C=O) groups is 1. The van der Waals surface area contributed by atoms with Crippen molar-refractivity contribution in [3.05, 3.63) is 65.0 Å². The molecule has 1 aromatic heterocycles. The summed E-state index contributed by atoms with van der Waals surface area (Å²) < 4.78 is 5.74. The van der Waals surface area contributed by atoms with Crippen molar-refractivity contribution in [2.24, 2.45) is 0 Å². The first-order valence-corrected chi connectivity index (χ1v) is 8.63. The Morgan fingerprint density at radius 1 is 1.23 bits per heavy atom. The summed E-state index contributed by atoms with van der Waals surface area (Å²) in [6, 6.07) is 14.0. The number of aryl methyl sites for hydroxylation is 1. The van der Waals surface area contributed by atoms with Gasteiger partial charge in [-0.05, 0) is 36.1 Å². The molecule has 1 amide bonds. The van der Waals surface area contributed by atoms with Gasteiger partial charge in [-0.1, -0.05) is 36.4 Å². The molecule has 26 heavy (non-hydrogen) atoms. The summed E-state index contributed by atoms with van der Waals surface area (Å²) in [5.74, 6) is 0.688. The minimum atomic E-state index is -0.180. The van der Waals surface area contributed by atoms with Crippen LogP contribution in [-0.4, -0.2) is 23.5 Å². The Balaban J connectivity index is 0.00000196. The van der Waals surface area contributed by atoms with Crippen molar-refractivity contribution in [3.8, 4) is 0 Å². The van der Waals surface area contributed by atoms with E-state index < -0.39 is 0 Å². The molecule has 6 heteroatoms. The molecule has 0 saturated carbocycles. The third-order valence-corrected chi connectivity index (χ3v) is 4.70. The molecule has 0 bridgehead atoms. The Morgan fingerprint density at radius 3 is 2.85 bits per heavy atom. The molecule has 0 radical (unpaired) electrons. The number of fused-ring (bicyclic) bond motifs is 2. The zero-order chi connectivity index (χ0) is 17.2. The number of carbonyl (C=O) groups excluding carboxylic acids is 1. The zero-order valence-corrected chi connectivity index (χ0v) is 15.4. The number of oxazole rings is 1. The summed E-state index contributed by atoms with van der Waals surface area (Å²) in [4.78, 5) is 16.9. The largest absolute Gasteiger partial charge is 0.441 e. The van der Waals surface area contributed by atoms with Crippen molar-refractivity contribution in [1.29, 1.82) is 0 Å². The van der Waals surface area contributed by atoms with Crippen LogP contribution in [-0.2, 0) is 24.2 Å². The lowest BCUT2D eigenvalue weighted by Gasteiger charge is -2.25. The second-order valence-corrected chi connectivity index (χ2v) is 6.48. The van der Waals surface area contributed by atoms with E-state index in [2.05, 4.69) is 27.8 Å². The molecule has 0 saturated heterocycles. The highest BCUT2D eigenvalue weighted by molar-refractivity contribution is 5.85. The minimum Gasteiger partial charge on any atom is -0.441 e. The van der Waals surface area contributed by atoms with Gasteiger partial charge in [0, 0.05) is 19.5 Å². The van der Waals surface area contributed by atoms with Crippen molar-refractivity contribution in [3.63, 3.8) is 0 Å². The fourth-order valence-electron chi connectivity index (χ4n) is 3.29. The number of hydrogen-bond acceptors (Lipinski definition) is 4. The molecule has 1 aliphatic rings. The number of para-hydroxylation sites is 1. The zero-order valence-electron chi connectivity index (χ0n) is 14.6. The number of benzene rings is 2. The molecule has 0 spiro atoms. The van der Waals surface area contributed by atoms with Gasteiger partial charge in [-0.2, -0.15) is 0 Å². The van der Waals surface area contributed by atoms with Gasteiger partial charge in [0.25, 0.3) is 0 Å². The Hall–Kier alpha value is -2.37. The summed E-state index contributed by atoms with van der Waals surface area (Å²) in [7, 11) is 0. The van der Waals surface area contributed by atoms with Gasteiger partial charge in [-0.3, -0.25) is 4.79 Å². The lowest BCUT2D eigenvalue weighted by Crippen LogP contribution is -2.48. The topological polar surface area (TPSA) is 67.2 Å². The molecule has 0 aliphatic carbocycles. The van der Waals surface area contributed by atoms with E-state index in [9.17, 15) is 4.79 Å². The Bertz CT molecular complexity index is 922. The van der Waals surface area contributed by atoms with Crippen LogP contribution < -0.4 is 10.6 Å². The van der Waals surface area contributed by atoms with E-state index in [0.717, 1.165) is 29.6 Å². The second kappa shape index (κ2) is 7.89. The summed E-state index contributed by atoms with van der Waals surface area (Å²) in [5, 5.41) is 6.29. The maximum absolute atomic E-state index is 12.4. The van der Waals surface area contributed by atoms with E-state index in [1.54, 1.807) is 0 Å². The van der Waals surface area contributed by atoms with Crippen molar-refractivity contribution in [2.45, 2.75) is 32.4 Å². The fraction of sp³-hybridized carbons (Fsp3) is 0.300. The molecule has 1 aliphatic heterocycles. The van der Waals surface area contributed by atoms with E-state index >= 15 is 0 Å². The van der Waals surface area contributed by atoms with Crippen LogP contribution in [0.3, 0.4) is 0 Å². The molecule has 2 aromatic carbocycles. The average molecular weight is 372 g/mol. The summed E-state index contributed by atoms with van der Waals surface area (Å²) >= 11 is 0. The monoisotopic (exact) mass is 371 g/mol. The number of nitrogens with zero attached hydrogens (tertiary/aromatic N) is 1. The third kappa shape index (κ3) is 3.74. The molecular weight excluding hydrogens is 350 g/mol. The van der Waals surface area contributed by atoms with Gasteiger partial charge in [0.05, 0.1) is 6.04 Å². The van der Waals surface area contributed by atoms with Crippen LogP contribution in [0.25, 0.3) is 11.1 Å². The molecule has 3 aromatic rings. The van der Waals surface area contributed by atoms with Gasteiger partial charge in [0.1, 0.15) is 5.52 Å². The standard InChI is InChI=1S/C20H21N3O2.ClH/c1-13-5-4-8-17-19(13)23-18(25-17)9-10-21-20(24)16-11-14-6-2-3-7-15(14)12-22-16;/h2-8,16,22H,9-12H2,1H3,(H,21,24);1H. The highest BCUT2D eigenvalue weighted by atomic mass is 35.5. The molecular formula is C20H22ClN3O2. The number of rotatable bonds is 4. The predicted octanol–water partition coefficient (Wildman–Crippen LogP) is 2.93. The first-order chi connectivity index (χ1) is 12.2. The predicted molar refractivity (Wildman–Crippen MR) is 103 cm³/mol. The lowest BCUT2D eigenvalue weighted by molar-refractivity contribution is -0.123. The van der Waals surface area contributed by atoms with Crippen LogP contribution in [0.1, 0.15) is 22.6 Å². The summed E-state index contributed by atoms with van der Waals surface area (Å²) in [6.07, 6.45) is 1.31. The maximum Gasteiger partial charge on any atom is 0.237 e. The number of nitrogens with one attached hydrogen (secondary N) is 2. The van der Waals surface area contributed by atoms with E-state index in [1.165, 1.54) is 11.1 Å². The number of amides is 1. The first kappa shape index (κ1) is 18.4. The van der Waals surface area contributed by atoms with E-state index in [1.807, 2.05) is 37.3 Å². The molecule has 136 valence electrons. The Morgan fingerprint density at radius 2 is 2.04 bits per heavy atom. The molecule has 2 heterocycles. The first-order valence-electron chi connectivity index (χ1n) is 8.63.